The normalized spacial score (nSPS) is 16.6. The summed E-state index contributed by atoms with van der Waals surface area (Å²) in [6, 6.07) is 16.7. The maximum atomic E-state index is 12.6. The predicted molar refractivity (Wildman–Crippen MR) is 119 cm³/mol. The van der Waals surface area contributed by atoms with Crippen LogP contribution in [0.1, 0.15) is 15.9 Å². The number of nitrogens with one attached hydrogen (secondary N) is 2. The van der Waals surface area contributed by atoms with Crippen LogP contribution in [0.15, 0.2) is 76.9 Å². The second-order valence-corrected chi connectivity index (χ2v) is 9.21. The van der Waals surface area contributed by atoms with Crippen molar-refractivity contribution >= 4 is 15.7 Å². The first-order valence-corrected chi connectivity index (χ1v) is 11.5. The molecule has 1 amide bonds. The second kappa shape index (κ2) is 8.72. The number of para-hydroxylation sites is 1. The molecule has 0 radical (unpaired) electrons. The van der Waals surface area contributed by atoms with Crippen LogP contribution in [0.3, 0.4) is 0 Å². The fourth-order valence-electron chi connectivity index (χ4n) is 3.34. The molecular weight excluding hydrogens is 432 g/mol. The van der Waals surface area contributed by atoms with Gasteiger partial charge in [0.15, 0.2) is 9.84 Å². The molecule has 1 aliphatic rings. The highest BCUT2D eigenvalue weighted by Gasteiger charge is 2.25. The Morgan fingerprint density at radius 2 is 1.84 bits per heavy atom. The smallest absolute Gasteiger partial charge is 0.261 e. The van der Waals surface area contributed by atoms with Gasteiger partial charge in [0.2, 0.25) is 0 Å². The molecule has 0 aliphatic carbocycles. The van der Waals surface area contributed by atoms with Crippen LogP contribution >= 0.6 is 0 Å². The van der Waals surface area contributed by atoms with Gasteiger partial charge in [-0.2, -0.15) is 0 Å². The Labute approximate surface area is 184 Å². The second-order valence-electron chi connectivity index (χ2n) is 7.28. The van der Waals surface area contributed by atoms with Gasteiger partial charge in [0.1, 0.15) is 23.7 Å². The number of amides is 1. The van der Waals surface area contributed by atoms with Crippen molar-refractivity contribution in [2.75, 3.05) is 5.75 Å². The summed E-state index contributed by atoms with van der Waals surface area (Å²) in [5.74, 6) is -0.929. The Morgan fingerprint density at radius 3 is 2.56 bits per heavy atom. The van der Waals surface area contributed by atoms with E-state index in [9.17, 15) is 23.1 Å². The van der Waals surface area contributed by atoms with Gasteiger partial charge in [0.25, 0.3) is 11.5 Å². The van der Waals surface area contributed by atoms with Gasteiger partial charge in [-0.15, -0.1) is 0 Å². The van der Waals surface area contributed by atoms with E-state index in [0.29, 0.717) is 17.9 Å². The summed E-state index contributed by atoms with van der Waals surface area (Å²) in [5, 5.41) is 14.0. The monoisotopic (exact) mass is 452 g/mol. The van der Waals surface area contributed by atoms with Crippen LogP contribution in [0.25, 0.3) is 11.3 Å². The number of carbonyl (C=O) groups excluding carboxylic acids is 1. The van der Waals surface area contributed by atoms with Gasteiger partial charge in [-0.25, -0.2) is 8.42 Å². The number of benzene rings is 2. The fraction of sp³-hybridized carbons (Fsp3) is 0.130. The number of aromatic nitrogens is 1. The summed E-state index contributed by atoms with van der Waals surface area (Å²) in [5.41, 5.74) is 0.466. The highest BCUT2D eigenvalue weighted by atomic mass is 32.2. The van der Waals surface area contributed by atoms with Gasteiger partial charge in [-0.3, -0.25) is 9.59 Å². The Balaban J connectivity index is 1.58. The van der Waals surface area contributed by atoms with E-state index in [4.69, 9.17) is 4.74 Å². The zero-order chi connectivity index (χ0) is 22.7. The summed E-state index contributed by atoms with van der Waals surface area (Å²) in [6.07, 6.45) is 1.34. The molecule has 164 valence electrons. The van der Waals surface area contributed by atoms with E-state index >= 15 is 0 Å². The summed E-state index contributed by atoms with van der Waals surface area (Å²) in [4.78, 5) is 27.6. The fourth-order valence-corrected chi connectivity index (χ4v) is 4.57. The highest BCUT2D eigenvalue weighted by Crippen LogP contribution is 2.34. The number of carbonyl (C=O) groups is 1. The molecular formula is C23H20N2O6S. The SMILES string of the molecule is O=C(N[C@@H]1C=CS(=O)(=O)C1)c1cc(O)c(-c2ccccc2OCc2ccccc2)[nH]c1=O. The number of hydrogen-bond acceptors (Lipinski definition) is 6. The quantitative estimate of drug-likeness (QED) is 0.527. The molecule has 0 unspecified atom stereocenters. The standard InChI is InChI=1S/C23H20N2O6S/c26-19-12-18(22(27)24-16-10-11-32(29,30)14-16)23(28)25-21(19)17-8-4-5-9-20(17)31-13-15-6-2-1-3-7-15/h1-12,16,26H,13-14H2,(H,24,27)(H,25,28)/t16-/m1/s1. The number of aromatic hydroxyl groups is 1. The topological polar surface area (TPSA) is 126 Å². The van der Waals surface area contributed by atoms with Gasteiger partial charge in [-0.05, 0) is 23.8 Å². The molecule has 0 saturated heterocycles. The molecule has 2 heterocycles. The zero-order valence-electron chi connectivity index (χ0n) is 16.8. The lowest BCUT2D eigenvalue weighted by molar-refractivity contribution is 0.0945. The van der Waals surface area contributed by atoms with E-state index in [1.54, 1.807) is 24.3 Å². The number of ether oxygens (including phenoxy) is 1. The van der Waals surface area contributed by atoms with Crippen LogP contribution in [0.5, 0.6) is 11.5 Å². The maximum absolute atomic E-state index is 12.6. The van der Waals surface area contributed by atoms with Gasteiger partial charge in [0.05, 0.1) is 17.5 Å². The van der Waals surface area contributed by atoms with Crippen LogP contribution < -0.4 is 15.6 Å². The third kappa shape index (κ3) is 4.73. The van der Waals surface area contributed by atoms with E-state index in [0.717, 1.165) is 17.0 Å². The van der Waals surface area contributed by atoms with Gasteiger partial charge >= 0.3 is 0 Å². The van der Waals surface area contributed by atoms with E-state index in [1.807, 2.05) is 30.3 Å². The minimum absolute atomic E-state index is 0.110. The number of pyridine rings is 1. The van der Waals surface area contributed by atoms with Crippen molar-refractivity contribution in [2.45, 2.75) is 12.6 Å². The van der Waals surface area contributed by atoms with E-state index in [2.05, 4.69) is 10.3 Å². The van der Waals surface area contributed by atoms with E-state index < -0.39 is 27.3 Å². The van der Waals surface area contributed by atoms with Crippen molar-refractivity contribution in [3.05, 3.63) is 93.6 Å². The van der Waals surface area contributed by atoms with Crippen molar-refractivity contribution in [1.29, 1.82) is 0 Å². The minimum Gasteiger partial charge on any atom is -0.506 e. The first-order valence-electron chi connectivity index (χ1n) is 9.76. The summed E-state index contributed by atoms with van der Waals surface area (Å²) < 4.78 is 28.9. The number of rotatable bonds is 6. The van der Waals surface area contributed by atoms with Crippen molar-refractivity contribution in [1.82, 2.24) is 10.3 Å². The molecule has 8 nitrogen and oxygen atoms in total. The maximum Gasteiger partial charge on any atom is 0.261 e. The van der Waals surface area contributed by atoms with Crippen LogP contribution in [-0.2, 0) is 16.4 Å². The minimum atomic E-state index is -3.36. The van der Waals surface area contributed by atoms with E-state index in [1.165, 1.54) is 6.08 Å². The molecule has 1 aromatic heterocycles. The molecule has 0 spiro atoms. The lowest BCUT2D eigenvalue weighted by Crippen LogP contribution is -2.38. The lowest BCUT2D eigenvalue weighted by atomic mass is 10.1. The molecule has 0 bridgehead atoms. The van der Waals surface area contributed by atoms with Gasteiger partial charge in [-0.1, -0.05) is 42.5 Å². The molecule has 4 rings (SSSR count). The number of H-pyrrole nitrogens is 1. The first kappa shape index (κ1) is 21.4. The lowest BCUT2D eigenvalue weighted by Gasteiger charge is -2.14. The molecule has 3 N–H and O–H groups in total. The molecule has 1 aliphatic heterocycles. The highest BCUT2D eigenvalue weighted by molar-refractivity contribution is 7.94. The summed E-state index contributed by atoms with van der Waals surface area (Å²) >= 11 is 0. The average molecular weight is 452 g/mol. The van der Waals surface area contributed by atoms with Crippen molar-refractivity contribution in [3.8, 4) is 22.8 Å². The average Bonchev–Trinajstić information content (AvgIpc) is 3.12. The van der Waals surface area contributed by atoms with Crippen LogP contribution in [0, 0.1) is 0 Å². The Hall–Kier alpha value is -3.85. The number of sulfone groups is 1. The molecule has 3 aromatic rings. The molecule has 0 saturated carbocycles. The number of hydrogen-bond donors (Lipinski definition) is 3. The van der Waals surface area contributed by atoms with Crippen molar-refractivity contribution in [3.63, 3.8) is 0 Å². The molecule has 32 heavy (non-hydrogen) atoms. The van der Waals surface area contributed by atoms with Gasteiger partial charge < -0.3 is 20.1 Å². The van der Waals surface area contributed by atoms with Crippen LogP contribution in [0.2, 0.25) is 0 Å². The third-order valence-electron chi connectivity index (χ3n) is 4.91. The third-order valence-corrected chi connectivity index (χ3v) is 6.30. The number of aromatic amines is 1. The molecule has 1 atom stereocenters. The van der Waals surface area contributed by atoms with E-state index in [-0.39, 0.29) is 22.8 Å². The van der Waals surface area contributed by atoms with Gasteiger partial charge in [0, 0.05) is 17.0 Å². The summed E-state index contributed by atoms with van der Waals surface area (Å²) in [7, 11) is -3.36. The summed E-state index contributed by atoms with van der Waals surface area (Å²) in [6.45, 7) is 0.293. The largest absolute Gasteiger partial charge is 0.506 e. The molecule has 9 heteroatoms. The predicted octanol–water partition coefficient (Wildman–Crippen LogP) is 2.37. The van der Waals surface area contributed by atoms with Crippen LogP contribution in [0.4, 0.5) is 0 Å². The Morgan fingerprint density at radius 1 is 1.12 bits per heavy atom. The Kier molecular flexibility index (Phi) is 5.83. The molecule has 0 fully saturated rings. The van der Waals surface area contributed by atoms with Crippen molar-refractivity contribution in [2.24, 2.45) is 0 Å². The zero-order valence-corrected chi connectivity index (χ0v) is 17.6. The van der Waals surface area contributed by atoms with Crippen LogP contribution in [-0.4, -0.2) is 36.2 Å². The molecule has 2 aromatic carbocycles. The first-order chi connectivity index (χ1) is 15.3. The Bertz CT molecular complexity index is 1350. The van der Waals surface area contributed by atoms with Crippen molar-refractivity contribution < 1.29 is 23.1 Å².